The molecule has 0 spiro atoms. The van der Waals surface area contributed by atoms with Crippen LogP contribution in [0.1, 0.15) is 11.1 Å². The lowest BCUT2D eigenvalue weighted by atomic mass is 10.2. The van der Waals surface area contributed by atoms with Crippen molar-refractivity contribution in [2.45, 2.75) is 13.5 Å². The van der Waals surface area contributed by atoms with Crippen molar-refractivity contribution in [2.24, 2.45) is 0 Å². The first-order chi connectivity index (χ1) is 10.2. The zero-order valence-corrected chi connectivity index (χ0v) is 13.1. The zero-order valence-electron chi connectivity index (χ0n) is 12.4. The molecule has 0 amide bonds. The lowest BCUT2D eigenvalue weighted by Gasteiger charge is -2.13. The number of nitrogens with one attached hydrogen (secondary N) is 1. The molecule has 0 aliphatic heterocycles. The minimum atomic E-state index is 0.694. The fourth-order valence-electron chi connectivity index (χ4n) is 1.99. The van der Waals surface area contributed by atoms with E-state index in [1.165, 1.54) is 0 Å². The molecule has 21 heavy (non-hydrogen) atoms. The van der Waals surface area contributed by atoms with Gasteiger partial charge < -0.3 is 14.8 Å². The largest absolute Gasteiger partial charge is 0.457 e. The molecule has 0 aromatic heterocycles. The van der Waals surface area contributed by atoms with Crippen LogP contribution in [0.2, 0.25) is 5.02 Å². The first kappa shape index (κ1) is 15.8. The topological polar surface area (TPSA) is 30.5 Å². The molecule has 0 saturated carbocycles. The number of rotatable bonds is 7. The van der Waals surface area contributed by atoms with Gasteiger partial charge in [0.15, 0.2) is 0 Å². The number of hydrogen-bond acceptors (Lipinski definition) is 3. The molecule has 0 bridgehead atoms. The van der Waals surface area contributed by atoms with Crippen LogP contribution in [-0.2, 0) is 11.3 Å². The van der Waals surface area contributed by atoms with Crippen LogP contribution >= 0.6 is 11.6 Å². The third kappa shape index (κ3) is 4.74. The Bertz CT molecular complexity index is 587. The van der Waals surface area contributed by atoms with E-state index >= 15 is 0 Å². The Kier molecular flexibility index (Phi) is 6.05. The van der Waals surface area contributed by atoms with Crippen molar-refractivity contribution in [3.63, 3.8) is 0 Å². The lowest BCUT2D eigenvalue weighted by Crippen LogP contribution is -2.18. The number of benzene rings is 2. The molecule has 2 aromatic rings. The van der Waals surface area contributed by atoms with Crippen LogP contribution in [0, 0.1) is 6.92 Å². The Balaban J connectivity index is 2.08. The number of methoxy groups -OCH3 is 1. The van der Waals surface area contributed by atoms with Crippen LogP contribution in [0.4, 0.5) is 0 Å². The molecule has 0 aliphatic carbocycles. The zero-order chi connectivity index (χ0) is 15.1. The number of aryl methyl sites for hydroxylation is 1. The Labute approximate surface area is 130 Å². The van der Waals surface area contributed by atoms with E-state index in [0.29, 0.717) is 6.61 Å². The van der Waals surface area contributed by atoms with Crippen LogP contribution in [0.15, 0.2) is 42.5 Å². The van der Waals surface area contributed by atoms with Crippen molar-refractivity contribution >= 4 is 11.6 Å². The fraction of sp³-hybridized carbons (Fsp3) is 0.294. The van der Waals surface area contributed by atoms with E-state index in [1.807, 2.05) is 43.3 Å². The summed E-state index contributed by atoms with van der Waals surface area (Å²) < 4.78 is 11.0. The highest BCUT2D eigenvalue weighted by molar-refractivity contribution is 6.30. The summed E-state index contributed by atoms with van der Waals surface area (Å²) in [5.41, 5.74) is 2.13. The van der Waals surface area contributed by atoms with Crippen LogP contribution in [0.3, 0.4) is 0 Å². The van der Waals surface area contributed by atoms with Crippen molar-refractivity contribution in [1.29, 1.82) is 0 Å². The van der Waals surface area contributed by atoms with Crippen LogP contribution in [0.25, 0.3) is 0 Å². The minimum Gasteiger partial charge on any atom is -0.457 e. The molecular weight excluding hydrogens is 286 g/mol. The lowest BCUT2D eigenvalue weighted by molar-refractivity contribution is 0.199. The SMILES string of the molecule is COCCNCc1ccccc1Oc1ccc(Cl)cc1C. The third-order valence-corrected chi connectivity index (χ3v) is 3.36. The first-order valence-electron chi connectivity index (χ1n) is 6.92. The van der Waals surface area contributed by atoms with Gasteiger partial charge in [-0.2, -0.15) is 0 Å². The molecule has 0 unspecified atom stereocenters. The maximum Gasteiger partial charge on any atom is 0.131 e. The normalized spacial score (nSPS) is 10.6. The van der Waals surface area contributed by atoms with Gasteiger partial charge in [-0.3, -0.25) is 0 Å². The number of hydrogen-bond donors (Lipinski definition) is 1. The molecular formula is C17H20ClNO2. The van der Waals surface area contributed by atoms with E-state index in [-0.39, 0.29) is 0 Å². The van der Waals surface area contributed by atoms with Gasteiger partial charge in [-0.25, -0.2) is 0 Å². The summed E-state index contributed by atoms with van der Waals surface area (Å²) in [6.07, 6.45) is 0. The van der Waals surface area contributed by atoms with E-state index in [9.17, 15) is 0 Å². The van der Waals surface area contributed by atoms with Gasteiger partial charge in [0.2, 0.25) is 0 Å². The highest BCUT2D eigenvalue weighted by atomic mass is 35.5. The third-order valence-electron chi connectivity index (χ3n) is 3.13. The Morgan fingerprint density at radius 3 is 2.67 bits per heavy atom. The molecule has 0 fully saturated rings. The van der Waals surface area contributed by atoms with Crippen molar-refractivity contribution in [3.05, 3.63) is 58.6 Å². The van der Waals surface area contributed by atoms with Crippen molar-refractivity contribution < 1.29 is 9.47 Å². The molecule has 0 atom stereocenters. The molecule has 1 N–H and O–H groups in total. The highest BCUT2D eigenvalue weighted by Gasteiger charge is 2.06. The average Bonchev–Trinajstić information content (AvgIpc) is 2.48. The predicted molar refractivity (Wildman–Crippen MR) is 86.3 cm³/mol. The van der Waals surface area contributed by atoms with Gasteiger partial charge >= 0.3 is 0 Å². The number of halogens is 1. The maximum absolute atomic E-state index is 6.02. The maximum atomic E-state index is 6.02. The van der Waals surface area contributed by atoms with Gasteiger partial charge in [-0.05, 0) is 36.8 Å². The number of ether oxygens (including phenoxy) is 2. The first-order valence-corrected chi connectivity index (χ1v) is 7.30. The molecule has 0 heterocycles. The average molecular weight is 306 g/mol. The Hall–Kier alpha value is -1.55. The standard InChI is InChI=1S/C17H20ClNO2/c1-13-11-15(18)7-8-16(13)21-17-6-4-3-5-14(17)12-19-9-10-20-2/h3-8,11,19H,9-10,12H2,1-2H3. The summed E-state index contributed by atoms with van der Waals surface area (Å²) in [7, 11) is 1.70. The van der Waals surface area contributed by atoms with Gasteiger partial charge in [0.25, 0.3) is 0 Å². The summed E-state index contributed by atoms with van der Waals surface area (Å²) in [4.78, 5) is 0. The second-order valence-corrected chi connectivity index (χ2v) is 5.23. The molecule has 2 rings (SSSR count). The summed E-state index contributed by atoms with van der Waals surface area (Å²) in [5, 5.41) is 4.04. The summed E-state index contributed by atoms with van der Waals surface area (Å²) in [5.74, 6) is 1.68. The van der Waals surface area contributed by atoms with Gasteiger partial charge in [-0.15, -0.1) is 0 Å². The molecule has 0 aliphatic rings. The van der Waals surface area contributed by atoms with Gasteiger partial charge in [0, 0.05) is 30.8 Å². The number of para-hydroxylation sites is 1. The molecule has 2 aromatic carbocycles. The van der Waals surface area contributed by atoms with Gasteiger partial charge in [-0.1, -0.05) is 29.8 Å². The van der Waals surface area contributed by atoms with E-state index in [0.717, 1.165) is 40.7 Å². The molecule has 4 heteroatoms. The van der Waals surface area contributed by atoms with E-state index in [1.54, 1.807) is 7.11 Å². The Morgan fingerprint density at radius 2 is 1.90 bits per heavy atom. The molecule has 3 nitrogen and oxygen atoms in total. The van der Waals surface area contributed by atoms with E-state index < -0.39 is 0 Å². The molecule has 112 valence electrons. The molecule has 0 radical (unpaired) electrons. The van der Waals surface area contributed by atoms with Gasteiger partial charge in [0.1, 0.15) is 11.5 Å². The van der Waals surface area contributed by atoms with E-state index in [2.05, 4.69) is 11.4 Å². The summed E-state index contributed by atoms with van der Waals surface area (Å²) in [6, 6.07) is 13.6. The van der Waals surface area contributed by atoms with Crippen LogP contribution in [-0.4, -0.2) is 20.3 Å². The smallest absolute Gasteiger partial charge is 0.131 e. The second-order valence-electron chi connectivity index (χ2n) is 4.79. The predicted octanol–water partition coefficient (Wildman–Crippen LogP) is 4.18. The van der Waals surface area contributed by atoms with Crippen molar-refractivity contribution in [2.75, 3.05) is 20.3 Å². The van der Waals surface area contributed by atoms with Crippen molar-refractivity contribution in [1.82, 2.24) is 5.32 Å². The van der Waals surface area contributed by atoms with Crippen LogP contribution < -0.4 is 10.1 Å². The monoisotopic (exact) mass is 305 g/mol. The quantitative estimate of drug-likeness (QED) is 0.779. The fourth-order valence-corrected chi connectivity index (χ4v) is 2.22. The van der Waals surface area contributed by atoms with Gasteiger partial charge in [0.05, 0.1) is 6.61 Å². The summed E-state index contributed by atoms with van der Waals surface area (Å²) in [6.45, 7) is 4.23. The highest BCUT2D eigenvalue weighted by Crippen LogP contribution is 2.29. The van der Waals surface area contributed by atoms with Crippen LogP contribution in [0.5, 0.6) is 11.5 Å². The minimum absolute atomic E-state index is 0.694. The van der Waals surface area contributed by atoms with E-state index in [4.69, 9.17) is 21.1 Å². The van der Waals surface area contributed by atoms with Crippen molar-refractivity contribution in [3.8, 4) is 11.5 Å². The molecule has 0 saturated heterocycles. The summed E-state index contributed by atoms with van der Waals surface area (Å²) >= 11 is 5.97. The second kappa shape index (κ2) is 8.03. The Morgan fingerprint density at radius 1 is 1.10 bits per heavy atom.